The van der Waals surface area contributed by atoms with E-state index >= 15 is 0 Å². The molecule has 1 aliphatic carbocycles. The van der Waals surface area contributed by atoms with Gasteiger partial charge in [0.1, 0.15) is 5.78 Å². The van der Waals surface area contributed by atoms with E-state index in [4.69, 9.17) is 4.98 Å². The molecule has 0 bridgehead atoms. The first-order chi connectivity index (χ1) is 8.90. The number of ketones is 1. The maximum atomic E-state index is 11.9. The summed E-state index contributed by atoms with van der Waals surface area (Å²) in [4.78, 5) is 16.6. The highest BCUT2D eigenvalue weighted by Crippen LogP contribution is 2.41. The highest BCUT2D eigenvalue weighted by molar-refractivity contribution is 14.1. The summed E-state index contributed by atoms with van der Waals surface area (Å²) in [7, 11) is 0. The van der Waals surface area contributed by atoms with Crippen LogP contribution in [0.1, 0.15) is 56.0 Å². The van der Waals surface area contributed by atoms with E-state index in [1.807, 2.05) is 6.92 Å². The van der Waals surface area contributed by atoms with Gasteiger partial charge in [-0.3, -0.25) is 9.78 Å². The quantitative estimate of drug-likeness (QED) is 0.721. The first kappa shape index (κ1) is 14.9. The van der Waals surface area contributed by atoms with E-state index in [0.717, 1.165) is 24.2 Å². The second-order valence-corrected chi connectivity index (χ2v) is 7.15. The molecule has 3 heteroatoms. The molecule has 1 fully saturated rings. The smallest absolute Gasteiger partial charge is 0.133 e. The lowest BCUT2D eigenvalue weighted by molar-refractivity contribution is -0.122. The van der Waals surface area contributed by atoms with E-state index in [2.05, 4.69) is 49.4 Å². The van der Waals surface area contributed by atoms with Crippen LogP contribution in [0.3, 0.4) is 0 Å². The van der Waals surface area contributed by atoms with E-state index in [9.17, 15) is 4.79 Å². The maximum absolute atomic E-state index is 11.9. The topological polar surface area (TPSA) is 30.0 Å². The molecule has 2 nitrogen and oxygen atoms in total. The Labute approximate surface area is 129 Å². The second kappa shape index (κ2) is 5.90. The van der Waals surface area contributed by atoms with E-state index in [1.165, 1.54) is 9.13 Å². The van der Waals surface area contributed by atoms with Crippen LogP contribution in [0.4, 0.5) is 0 Å². The summed E-state index contributed by atoms with van der Waals surface area (Å²) < 4.78 is 1.24. The van der Waals surface area contributed by atoms with Gasteiger partial charge in [-0.05, 0) is 66.3 Å². The molecule has 0 spiro atoms. The van der Waals surface area contributed by atoms with Crippen molar-refractivity contribution in [1.82, 2.24) is 4.98 Å². The third-order valence-corrected chi connectivity index (χ3v) is 5.63. The monoisotopic (exact) mass is 371 g/mol. The van der Waals surface area contributed by atoms with Crippen LogP contribution in [-0.4, -0.2) is 10.8 Å². The molecule has 19 heavy (non-hydrogen) atoms. The third kappa shape index (κ3) is 3.18. The second-order valence-electron chi connectivity index (χ2n) is 6.08. The molecule has 0 N–H and O–H groups in total. The van der Waals surface area contributed by atoms with E-state index in [-0.39, 0.29) is 0 Å². The molecule has 1 aromatic heterocycles. The van der Waals surface area contributed by atoms with Gasteiger partial charge in [-0.25, -0.2) is 0 Å². The number of Topliss-reactive ketones (excluding diaryl/α,β-unsaturated/α-hetero) is 1. The number of pyridine rings is 1. The Bertz CT molecular complexity index is 496. The molecular weight excluding hydrogens is 349 g/mol. The predicted octanol–water partition coefficient (Wildman–Crippen LogP) is 4.41. The van der Waals surface area contributed by atoms with Crippen molar-refractivity contribution < 1.29 is 4.79 Å². The standard InChI is InChI=1S/C16H22INO/c1-9(2)13-6-5-12(19)8-14(13)16-15(17)10(3)7-11(4)18-16/h7,9,13-14H,5-6,8H2,1-4H3. The van der Waals surface area contributed by atoms with Crippen LogP contribution in [0.15, 0.2) is 6.07 Å². The zero-order chi connectivity index (χ0) is 14.2. The number of halogens is 1. The fourth-order valence-corrected chi connectivity index (χ4v) is 3.90. The molecule has 2 unspecified atom stereocenters. The summed E-state index contributed by atoms with van der Waals surface area (Å²) in [5, 5.41) is 0. The van der Waals surface area contributed by atoms with Gasteiger partial charge in [0.15, 0.2) is 0 Å². The SMILES string of the molecule is Cc1cc(C)c(I)c(C2CC(=O)CCC2C(C)C)n1. The summed E-state index contributed by atoms with van der Waals surface area (Å²) in [6, 6.07) is 2.13. The highest BCUT2D eigenvalue weighted by Gasteiger charge is 2.34. The van der Waals surface area contributed by atoms with Crippen molar-refractivity contribution in [3.05, 3.63) is 26.6 Å². The minimum atomic E-state index is 0.312. The summed E-state index contributed by atoms with van der Waals surface area (Å²) >= 11 is 2.39. The summed E-state index contributed by atoms with van der Waals surface area (Å²) in [5.41, 5.74) is 3.50. The molecule has 0 saturated heterocycles. The number of aromatic nitrogens is 1. The molecule has 0 radical (unpaired) electrons. The largest absolute Gasteiger partial charge is 0.300 e. The third-order valence-electron chi connectivity index (χ3n) is 4.22. The number of hydrogen-bond acceptors (Lipinski definition) is 2. The molecule has 1 aromatic rings. The lowest BCUT2D eigenvalue weighted by Gasteiger charge is -2.34. The van der Waals surface area contributed by atoms with E-state index in [1.54, 1.807) is 0 Å². The lowest BCUT2D eigenvalue weighted by atomic mass is 9.71. The molecule has 1 saturated carbocycles. The minimum Gasteiger partial charge on any atom is -0.300 e. The van der Waals surface area contributed by atoms with Gasteiger partial charge in [0, 0.05) is 28.0 Å². The normalized spacial score (nSPS) is 24.0. The molecule has 2 rings (SSSR count). The van der Waals surface area contributed by atoms with Crippen molar-refractivity contribution in [1.29, 1.82) is 0 Å². The maximum Gasteiger partial charge on any atom is 0.133 e. The number of nitrogens with zero attached hydrogens (tertiary/aromatic N) is 1. The van der Waals surface area contributed by atoms with E-state index in [0.29, 0.717) is 30.0 Å². The van der Waals surface area contributed by atoms with Gasteiger partial charge in [0.2, 0.25) is 0 Å². The van der Waals surface area contributed by atoms with Crippen LogP contribution in [0, 0.1) is 29.3 Å². The molecule has 0 aliphatic heterocycles. The molecule has 104 valence electrons. The van der Waals surface area contributed by atoms with Crippen LogP contribution >= 0.6 is 22.6 Å². The van der Waals surface area contributed by atoms with Gasteiger partial charge in [-0.15, -0.1) is 0 Å². The average Bonchev–Trinajstić information content (AvgIpc) is 2.33. The first-order valence-corrected chi connectivity index (χ1v) is 8.13. The fourth-order valence-electron chi connectivity index (χ4n) is 3.22. The van der Waals surface area contributed by atoms with E-state index < -0.39 is 0 Å². The summed E-state index contributed by atoms with van der Waals surface area (Å²) in [6.07, 6.45) is 2.45. The number of carbonyl (C=O) groups excluding carboxylic acids is 1. The van der Waals surface area contributed by atoms with Crippen LogP contribution in [0.5, 0.6) is 0 Å². The van der Waals surface area contributed by atoms with Gasteiger partial charge in [-0.1, -0.05) is 13.8 Å². The molecule has 0 aromatic carbocycles. The summed E-state index contributed by atoms with van der Waals surface area (Å²) in [6.45, 7) is 8.71. The van der Waals surface area contributed by atoms with Crippen molar-refractivity contribution in [2.24, 2.45) is 11.8 Å². The van der Waals surface area contributed by atoms with Crippen molar-refractivity contribution in [3.8, 4) is 0 Å². The van der Waals surface area contributed by atoms with Crippen molar-refractivity contribution in [3.63, 3.8) is 0 Å². The fraction of sp³-hybridized carbons (Fsp3) is 0.625. The number of hydrogen-bond donors (Lipinski definition) is 0. The van der Waals surface area contributed by atoms with Crippen molar-refractivity contribution >= 4 is 28.4 Å². The van der Waals surface area contributed by atoms with Crippen LogP contribution in [0.2, 0.25) is 0 Å². The molecule has 1 aliphatic rings. The van der Waals surface area contributed by atoms with Crippen LogP contribution in [0.25, 0.3) is 0 Å². The molecule has 0 amide bonds. The Morgan fingerprint density at radius 3 is 2.68 bits per heavy atom. The van der Waals surface area contributed by atoms with Gasteiger partial charge in [-0.2, -0.15) is 0 Å². The van der Waals surface area contributed by atoms with Crippen molar-refractivity contribution in [2.75, 3.05) is 0 Å². The highest BCUT2D eigenvalue weighted by atomic mass is 127. The van der Waals surface area contributed by atoms with Gasteiger partial charge in [0.05, 0.1) is 5.69 Å². The molecule has 2 atom stereocenters. The Morgan fingerprint density at radius 2 is 2.05 bits per heavy atom. The Balaban J connectivity index is 2.44. The average molecular weight is 371 g/mol. The lowest BCUT2D eigenvalue weighted by Crippen LogP contribution is -2.28. The number of aryl methyl sites for hydroxylation is 2. The predicted molar refractivity (Wildman–Crippen MR) is 86.4 cm³/mol. The zero-order valence-corrected chi connectivity index (χ0v) is 14.3. The summed E-state index contributed by atoms with van der Waals surface area (Å²) in [5.74, 6) is 1.90. The number of carbonyl (C=O) groups is 1. The van der Waals surface area contributed by atoms with Gasteiger partial charge in [0.25, 0.3) is 0 Å². The minimum absolute atomic E-state index is 0.312. The van der Waals surface area contributed by atoms with Crippen molar-refractivity contribution in [2.45, 2.75) is 52.9 Å². The Morgan fingerprint density at radius 1 is 1.37 bits per heavy atom. The van der Waals surface area contributed by atoms with Crippen LogP contribution < -0.4 is 0 Å². The Hall–Kier alpha value is -0.450. The Kier molecular flexibility index (Phi) is 4.64. The van der Waals surface area contributed by atoms with Gasteiger partial charge < -0.3 is 0 Å². The molecule has 1 heterocycles. The first-order valence-electron chi connectivity index (χ1n) is 7.05. The number of rotatable bonds is 2. The van der Waals surface area contributed by atoms with Crippen LogP contribution in [-0.2, 0) is 4.79 Å². The molecular formula is C16H22INO. The van der Waals surface area contributed by atoms with Gasteiger partial charge >= 0.3 is 0 Å². The zero-order valence-electron chi connectivity index (χ0n) is 12.2.